The molecule has 0 radical (unpaired) electrons. The van der Waals surface area contributed by atoms with Gasteiger partial charge in [-0.15, -0.1) is 0 Å². The Morgan fingerprint density at radius 2 is 1.68 bits per heavy atom. The number of ether oxygens (including phenoxy) is 3. The standard InChI is InChI=1S/C22H25NO5/c1-3-27-21(24)19(14-9-13-18-12-7-8-15-20(18)26-2)23-22(25)28-16-17-10-5-4-6-11-17/h4-8,10-12,15H,3,9,13-14,16H2,1-2H3. The average Bonchev–Trinajstić information content (AvgIpc) is 2.72. The van der Waals surface area contributed by atoms with E-state index in [-0.39, 0.29) is 18.9 Å². The van der Waals surface area contributed by atoms with Gasteiger partial charge < -0.3 is 14.2 Å². The van der Waals surface area contributed by atoms with Gasteiger partial charge in [0.05, 0.1) is 13.7 Å². The topological polar surface area (TPSA) is 74.2 Å². The number of rotatable bonds is 9. The predicted octanol–water partition coefficient (Wildman–Crippen LogP) is 4.36. The number of hydrogen-bond acceptors (Lipinski definition) is 5. The summed E-state index contributed by atoms with van der Waals surface area (Å²) < 4.78 is 15.5. The van der Waals surface area contributed by atoms with E-state index >= 15 is 0 Å². The van der Waals surface area contributed by atoms with Gasteiger partial charge in [-0.3, -0.25) is 0 Å². The molecule has 0 saturated heterocycles. The van der Waals surface area contributed by atoms with Crippen molar-refractivity contribution < 1.29 is 23.8 Å². The molecule has 0 bridgehead atoms. The van der Waals surface area contributed by atoms with Gasteiger partial charge in [-0.05, 0) is 43.4 Å². The van der Waals surface area contributed by atoms with Crippen molar-refractivity contribution in [3.8, 4) is 5.75 Å². The number of para-hydroxylation sites is 1. The number of methoxy groups -OCH3 is 1. The van der Waals surface area contributed by atoms with E-state index in [1.165, 1.54) is 0 Å². The zero-order valence-corrected chi connectivity index (χ0v) is 16.2. The van der Waals surface area contributed by atoms with Crippen LogP contribution >= 0.6 is 0 Å². The third kappa shape index (κ3) is 6.87. The van der Waals surface area contributed by atoms with E-state index < -0.39 is 12.1 Å². The molecule has 2 rings (SSSR count). The summed E-state index contributed by atoms with van der Waals surface area (Å²) in [6, 6.07) is 17.0. The maximum Gasteiger partial charge on any atom is 0.434 e. The van der Waals surface area contributed by atoms with E-state index in [4.69, 9.17) is 14.2 Å². The maximum atomic E-state index is 12.1. The zero-order valence-electron chi connectivity index (χ0n) is 16.2. The maximum absolute atomic E-state index is 12.1. The summed E-state index contributed by atoms with van der Waals surface area (Å²) in [5.41, 5.74) is 1.94. The summed E-state index contributed by atoms with van der Waals surface area (Å²) in [7, 11) is 1.62. The normalized spacial score (nSPS) is 11.0. The number of hydrogen-bond donors (Lipinski definition) is 0. The minimum absolute atomic E-state index is 0.0646. The van der Waals surface area contributed by atoms with Crippen molar-refractivity contribution in [3.05, 3.63) is 65.7 Å². The molecule has 0 N–H and O–H groups in total. The fourth-order valence-electron chi connectivity index (χ4n) is 2.64. The third-order valence-electron chi connectivity index (χ3n) is 3.99. The number of aliphatic imine (C=N–C) groups is 1. The molecule has 0 saturated carbocycles. The van der Waals surface area contributed by atoms with Gasteiger partial charge in [-0.1, -0.05) is 48.5 Å². The molecule has 0 aromatic heterocycles. The number of aryl methyl sites for hydroxylation is 1. The lowest BCUT2D eigenvalue weighted by Gasteiger charge is -2.09. The minimum atomic E-state index is -0.802. The van der Waals surface area contributed by atoms with E-state index in [1.54, 1.807) is 14.0 Å². The van der Waals surface area contributed by atoms with Crippen LogP contribution in [0.4, 0.5) is 4.79 Å². The molecule has 0 unspecified atom stereocenters. The van der Waals surface area contributed by atoms with Crippen LogP contribution < -0.4 is 4.74 Å². The highest BCUT2D eigenvalue weighted by molar-refractivity contribution is 6.37. The molecule has 6 heteroatoms. The Bertz CT molecular complexity index is 802. The smallest absolute Gasteiger partial charge is 0.434 e. The van der Waals surface area contributed by atoms with Gasteiger partial charge in [0.15, 0.2) is 0 Å². The number of carbonyl (C=O) groups excluding carboxylic acids is 2. The zero-order chi connectivity index (χ0) is 20.2. The Labute approximate surface area is 165 Å². The minimum Gasteiger partial charge on any atom is -0.496 e. The number of carbonyl (C=O) groups is 2. The first-order chi connectivity index (χ1) is 13.6. The summed E-state index contributed by atoms with van der Waals surface area (Å²) in [5.74, 6) is 0.193. The van der Waals surface area contributed by atoms with Crippen molar-refractivity contribution in [1.29, 1.82) is 0 Å². The summed E-state index contributed by atoms with van der Waals surface area (Å²) in [5, 5.41) is 0. The lowest BCUT2D eigenvalue weighted by Crippen LogP contribution is -2.20. The Morgan fingerprint density at radius 3 is 2.39 bits per heavy atom. The molecular weight excluding hydrogens is 358 g/mol. The highest BCUT2D eigenvalue weighted by Crippen LogP contribution is 2.19. The van der Waals surface area contributed by atoms with E-state index in [9.17, 15) is 9.59 Å². The van der Waals surface area contributed by atoms with Gasteiger partial charge in [0.2, 0.25) is 0 Å². The molecule has 0 spiro atoms. The largest absolute Gasteiger partial charge is 0.496 e. The lowest BCUT2D eigenvalue weighted by molar-refractivity contribution is -0.135. The Balaban J connectivity index is 1.97. The summed E-state index contributed by atoms with van der Waals surface area (Å²) in [4.78, 5) is 28.0. The molecule has 2 aromatic rings. The third-order valence-corrected chi connectivity index (χ3v) is 3.99. The van der Waals surface area contributed by atoms with Crippen LogP contribution in [0.3, 0.4) is 0 Å². The molecule has 0 aliphatic heterocycles. The van der Waals surface area contributed by atoms with E-state index in [2.05, 4.69) is 4.99 Å². The number of benzene rings is 2. The SMILES string of the molecule is CCOC(=O)C(CCCc1ccccc1OC)=NC(=O)OCc1ccccc1. The fraction of sp³-hybridized carbons (Fsp3) is 0.318. The quantitative estimate of drug-likeness (QED) is 0.475. The lowest BCUT2D eigenvalue weighted by atomic mass is 10.1. The Hall–Kier alpha value is -3.15. The molecule has 0 aliphatic carbocycles. The Kier molecular flexibility index (Phi) is 8.72. The molecule has 0 aliphatic rings. The average molecular weight is 383 g/mol. The van der Waals surface area contributed by atoms with Crippen LogP contribution in [0.25, 0.3) is 0 Å². The summed E-state index contributed by atoms with van der Waals surface area (Å²) in [6.45, 7) is 2.02. The molecular formula is C22H25NO5. The van der Waals surface area contributed by atoms with Gasteiger partial charge >= 0.3 is 12.1 Å². The van der Waals surface area contributed by atoms with Crippen molar-refractivity contribution in [2.75, 3.05) is 13.7 Å². The van der Waals surface area contributed by atoms with Crippen LogP contribution in [0.1, 0.15) is 30.9 Å². The van der Waals surface area contributed by atoms with Crippen LogP contribution in [0.5, 0.6) is 5.75 Å². The number of amides is 1. The van der Waals surface area contributed by atoms with Crippen LogP contribution in [0.15, 0.2) is 59.6 Å². The first kappa shape index (κ1) is 21.2. The van der Waals surface area contributed by atoms with Crippen molar-refractivity contribution in [3.63, 3.8) is 0 Å². The highest BCUT2D eigenvalue weighted by Gasteiger charge is 2.16. The second kappa shape index (κ2) is 11.5. The molecule has 2 aromatic carbocycles. The molecule has 0 heterocycles. The van der Waals surface area contributed by atoms with Crippen LogP contribution in [0.2, 0.25) is 0 Å². The Morgan fingerprint density at radius 1 is 0.964 bits per heavy atom. The van der Waals surface area contributed by atoms with Gasteiger partial charge in [-0.25, -0.2) is 9.59 Å². The fourth-order valence-corrected chi connectivity index (χ4v) is 2.64. The van der Waals surface area contributed by atoms with Gasteiger partial charge in [0.1, 0.15) is 18.1 Å². The molecule has 6 nitrogen and oxygen atoms in total. The second-order valence-electron chi connectivity index (χ2n) is 5.98. The van der Waals surface area contributed by atoms with E-state index in [0.717, 1.165) is 16.9 Å². The van der Waals surface area contributed by atoms with Gasteiger partial charge in [-0.2, -0.15) is 4.99 Å². The van der Waals surface area contributed by atoms with Crippen molar-refractivity contribution in [1.82, 2.24) is 0 Å². The van der Waals surface area contributed by atoms with E-state index in [1.807, 2.05) is 54.6 Å². The predicted molar refractivity (Wildman–Crippen MR) is 107 cm³/mol. The molecule has 1 amide bonds. The molecule has 148 valence electrons. The summed E-state index contributed by atoms with van der Waals surface area (Å²) >= 11 is 0. The highest BCUT2D eigenvalue weighted by atomic mass is 16.5. The number of esters is 1. The number of nitrogens with zero attached hydrogens (tertiary/aromatic N) is 1. The monoisotopic (exact) mass is 383 g/mol. The van der Waals surface area contributed by atoms with Crippen molar-refractivity contribution in [2.45, 2.75) is 32.8 Å². The summed E-state index contributed by atoms with van der Waals surface area (Å²) in [6.07, 6.45) is 0.798. The molecule has 0 fully saturated rings. The molecule has 28 heavy (non-hydrogen) atoms. The van der Waals surface area contributed by atoms with Gasteiger partial charge in [0.25, 0.3) is 0 Å². The van der Waals surface area contributed by atoms with Crippen LogP contribution in [-0.2, 0) is 27.3 Å². The first-order valence-electron chi connectivity index (χ1n) is 9.21. The molecule has 0 atom stereocenters. The van der Waals surface area contributed by atoms with Crippen LogP contribution in [0, 0.1) is 0 Å². The van der Waals surface area contributed by atoms with Crippen molar-refractivity contribution >= 4 is 17.8 Å². The van der Waals surface area contributed by atoms with Crippen molar-refractivity contribution in [2.24, 2.45) is 4.99 Å². The van der Waals surface area contributed by atoms with Gasteiger partial charge in [0, 0.05) is 0 Å². The van der Waals surface area contributed by atoms with E-state index in [0.29, 0.717) is 19.3 Å². The first-order valence-corrected chi connectivity index (χ1v) is 9.21. The van der Waals surface area contributed by atoms with Crippen LogP contribution in [-0.4, -0.2) is 31.5 Å². The second-order valence-corrected chi connectivity index (χ2v) is 5.98.